The molecule has 0 spiro atoms. The fraction of sp³-hybridized carbons (Fsp3) is 1.00. The molecule has 102 valence electrons. The number of hydrogen-bond acceptors (Lipinski definition) is 3. The zero-order chi connectivity index (χ0) is 13.1. The monoisotopic (exact) mass is 241 g/mol. The molecule has 2 atom stereocenters. The Kier molecular flexibility index (Phi) is 5.42. The Balaban J connectivity index is 2.25. The van der Waals surface area contributed by atoms with Crippen LogP contribution in [0.4, 0.5) is 0 Å². The van der Waals surface area contributed by atoms with Gasteiger partial charge in [0.25, 0.3) is 0 Å². The molecular weight excluding hydrogens is 210 g/mol. The van der Waals surface area contributed by atoms with Crippen molar-refractivity contribution in [2.24, 2.45) is 5.92 Å². The van der Waals surface area contributed by atoms with Crippen LogP contribution in [0.15, 0.2) is 0 Å². The minimum Gasteiger partial charge on any atom is -0.312 e. The summed E-state index contributed by atoms with van der Waals surface area (Å²) in [6, 6.07) is 0.796. The van der Waals surface area contributed by atoms with Crippen molar-refractivity contribution in [3.05, 3.63) is 0 Å². The van der Waals surface area contributed by atoms with E-state index in [1.165, 1.54) is 25.9 Å². The van der Waals surface area contributed by atoms with Gasteiger partial charge in [-0.3, -0.25) is 0 Å². The van der Waals surface area contributed by atoms with Crippen molar-refractivity contribution in [1.29, 1.82) is 0 Å². The van der Waals surface area contributed by atoms with Crippen molar-refractivity contribution in [1.82, 2.24) is 15.1 Å². The van der Waals surface area contributed by atoms with Crippen LogP contribution < -0.4 is 5.32 Å². The molecule has 0 aromatic heterocycles. The highest BCUT2D eigenvalue weighted by molar-refractivity contribution is 4.90. The molecule has 17 heavy (non-hydrogen) atoms. The second-order valence-electron chi connectivity index (χ2n) is 6.82. The molecule has 1 aliphatic carbocycles. The van der Waals surface area contributed by atoms with Gasteiger partial charge >= 0.3 is 0 Å². The van der Waals surface area contributed by atoms with E-state index in [1.807, 2.05) is 0 Å². The van der Waals surface area contributed by atoms with E-state index in [2.05, 4.69) is 57.0 Å². The second kappa shape index (κ2) is 6.17. The summed E-state index contributed by atoms with van der Waals surface area (Å²) in [4.78, 5) is 4.80. The fourth-order valence-corrected chi connectivity index (χ4v) is 2.33. The third-order valence-corrected chi connectivity index (χ3v) is 3.74. The van der Waals surface area contributed by atoms with Crippen LogP contribution in [-0.4, -0.2) is 62.2 Å². The number of nitrogens with zero attached hydrogens (tertiary/aromatic N) is 2. The lowest BCUT2D eigenvalue weighted by Crippen LogP contribution is -2.52. The molecule has 1 fully saturated rings. The van der Waals surface area contributed by atoms with Gasteiger partial charge in [0.15, 0.2) is 0 Å². The van der Waals surface area contributed by atoms with Gasteiger partial charge < -0.3 is 15.1 Å². The lowest BCUT2D eigenvalue weighted by Gasteiger charge is -2.44. The molecule has 1 rings (SSSR count). The zero-order valence-corrected chi connectivity index (χ0v) is 12.6. The summed E-state index contributed by atoms with van der Waals surface area (Å²) in [7, 11) is 6.57. The van der Waals surface area contributed by atoms with E-state index in [4.69, 9.17) is 0 Å². The SMILES string of the molecule is CN(C)CCN(C)C1CCC1CNC(C)(C)C. The highest BCUT2D eigenvalue weighted by Gasteiger charge is 2.33. The van der Waals surface area contributed by atoms with Crippen LogP contribution in [0.5, 0.6) is 0 Å². The van der Waals surface area contributed by atoms with Gasteiger partial charge in [0.05, 0.1) is 0 Å². The van der Waals surface area contributed by atoms with Gasteiger partial charge in [-0.2, -0.15) is 0 Å². The summed E-state index contributed by atoms with van der Waals surface area (Å²) in [6.07, 6.45) is 2.76. The van der Waals surface area contributed by atoms with E-state index in [-0.39, 0.29) is 5.54 Å². The third kappa shape index (κ3) is 5.36. The van der Waals surface area contributed by atoms with Gasteiger partial charge in [0.2, 0.25) is 0 Å². The van der Waals surface area contributed by atoms with Crippen molar-refractivity contribution in [3.8, 4) is 0 Å². The molecule has 1 aliphatic rings. The largest absolute Gasteiger partial charge is 0.312 e. The Morgan fingerprint density at radius 1 is 1.06 bits per heavy atom. The van der Waals surface area contributed by atoms with Gasteiger partial charge in [-0.05, 0) is 67.2 Å². The standard InChI is InChI=1S/C14H31N3/c1-14(2,3)15-11-12-7-8-13(12)17(6)10-9-16(4)5/h12-13,15H,7-11H2,1-6H3. The molecular formula is C14H31N3. The van der Waals surface area contributed by atoms with Gasteiger partial charge in [0.1, 0.15) is 0 Å². The summed E-state index contributed by atoms with van der Waals surface area (Å²) in [5, 5.41) is 3.64. The van der Waals surface area contributed by atoms with Gasteiger partial charge in [-0.25, -0.2) is 0 Å². The van der Waals surface area contributed by atoms with Crippen LogP contribution in [0.25, 0.3) is 0 Å². The quantitative estimate of drug-likeness (QED) is 0.763. The molecule has 3 nitrogen and oxygen atoms in total. The van der Waals surface area contributed by atoms with Crippen molar-refractivity contribution in [3.63, 3.8) is 0 Å². The molecule has 0 aromatic rings. The maximum absolute atomic E-state index is 3.64. The first kappa shape index (κ1) is 14.9. The van der Waals surface area contributed by atoms with E-state index in [9.17, 15) is 0 Å². The van der Waals surface area contributed by atoms with E-state index < -0.39 is 0 Å². The van der Waals surface area contributed by atoms with Gasteiger partial charge in [0, 0.05) is 24.7 Å². The average Bonchev–Trinajstić information content (AvgIpc) is 2.11. The Bertz CT molecular complexity index is 220. The van der Waals surface area contributed by atoms with Crippen molar-refractivity contribution >= 4 is 0 Å². The zero-order valence-electron chi connectivity index (χ0n) is 12.6. The first-order valence-corrected chi connectivity index (χ1v) is 6.89. The molecule has 0 aromatic carbocycles. The maximum Gasteiger partial charge on any atom is 0.0133 e. The Morgan fingerprint density at radius 2 is 1.71 bits per heavy atom. The van der Waals surface area contributed by atoms with Crippen molar-refractivity contribution in [2.45, 2.75) is 45.2 Å². The maximum atomic E-state index is 3.64. The van der Waals surface area contributed by atoms with Crippen LogP contribution >= 0.6 is 0 Å². The van der Waals surface area contributed by atoms with Crippen LogP contribution in [0, 0.1) is 5.92 Å². The Hall–Kier alpha value is -0.120. The number of rotatable bonds is 6. The molecule has 1 N–H and O–H groups in total. The summed E-state index contributed by atoms with van der Waals surface area (Å²) >= 11 is 0. The van der Waals surface area contributed by atoms with Crippen molar-refractivity contribution in [2.75, 3.05) is 40.8 Å². The molecule has 0 heterocycles. The lowest BCUT2D eigenvalue weighted by molar-refractivity contribution is 0.0744. The highest BCUT2D eigenvalue weighted by Crippen LogP contribution is 2.31. The topological polar surface area (TPSA) is 18.5 Å². The smallest absolute Gasteiger partial charge is 0.0133 e. The minimum atomic E-state index is 0.252. The molecule has 0 bridgehead atoms. The van der Waals surface area contributed by atoms with Crippen LogP contribution in [0.1, 0.15) is 33.6 Å². The molecule has 0 aliphatic heterocycles. The average molecular weight is 241 g/mol. The summed E-state index contributed by atoms with van der Waals surface area (Å²) < 4.78 is 0. The number of likely N-dealkylation sites (N-methyl/N-ethyl adjacent to an activating group) is 2. The number of nitrogens with one attached hydrogen (secondary N) is 1. The van der Waals surface area contributed by atoms with E-state index >= 15 is 0 Å². The molecule has 1 saturated carbocycles. The highest BCUT2D eigenvalue weighted by atomic mass is 15.2. The molecule has 0 saturated heterocycles. The normalized spacial score (nSPS) is 25.4. The first-order valence-electron chi connectivity index (χ1n) is 6.89. The Labute approximate surface area is 108 Å². The molecule has 0 radical (unpaired) electrons. The van der Waals surface area contributed by atoms with Gasteiger partial charge in [-0.1, -0.05) is 0 Å². The predicted molar refractivity (Wildman–Crippen MR) is 75.5 cm³/mol. The van der Waals surface area contributed by atoms with Crippen LogP contribution in [0.3, 0.4) is 0 Å². The van der Waals surface area contributed by atoms with Crippen molar-refractivity contribution < 1.29 is 0 Å². The van der Waals surface area contributed by atoms with Gasteiger partial charge in [-0.15, -0.1) is 0 Å². The minimum absolute atomic E-state index is 0.252. The predicted octanol–water partition coefficient (Wildman–Crippen LogP) is 1.65. The summed E-state index contributed by atoms with van der Waals surface area (Å²) in [5.74, 6) is 0.849. The molecule has 0 amide bonds. The summed E-state index contributed by atoms with van der Waals surface area (Å²) in [6.45, 7) is 10.2. The molecule has 3 heteroatoms. The summed E-state index contributed by atoms with van der Waals surface area (Å²) in [5.41, 5.74) is 0.252. The van der Waals surface area contributed by atoms with E-state index in [1.54, 1.807) is 0 Å². The number of hydrogen-bond donors (Lipinski definition) is 1. The third-order valence-electron chi connectivity index (χ3n) is 3.74. The molecule has 2 unspecified atom stereocenters. The van der Waals surface area contributed by atoms with E-state index in [0.29, 0.717) is 0 Å². The lowest BCUT2D eigenvalue weighted by atomic mass is 9.78. The second-order valence-corrected chi connectivity index (χ2v) is 6.82. The first-order chi connectivity index (χ1) is 7.79. The Morgan fingerprint density at radius 3 is 2.12 bits per heavy atom. The van der Waals surface area contributed by atoms with Crippen LogP contribution in [0.2, 0.25) is 0 Å². The fourth-order valence-electron chi connectivity index (χ4n) is 2.33. The van der Waals surface area contributed by atoms with Crippen LogP contribution in [-0.2, 0) is 0 Å². The van der Waals surface area contributed by atoms with E-state index in [0.717, 1.165) is 18.5 Å².